The van der Waals surface area contributed by atoms with Gasteiger partial charge in [0.1, 0.15) is 17.4 Å². The molecule has 13 nitrogen and oxygen atoms in total. The number of nitrogens with zero attached hydrogens (tertiary/aromatic N) is 2. The number of nitrogen functional groups attached to an aromatic ring is 3. The molecule has 0 spiro atoms. The molecule has 0 unspecified atom stereocenters. The van der Waals surface area contributed by atoms with E-state index < -0.39 is 20.6 Å². The van der Waals surface area contributed by atoms with Crippen LogP contribution in [0.15, 0.2) is 53.4 Å². The van der Waals surface area contributed by atoms with Crippen LogP contribution in [0, 0.1) is 0 Å². The molecule has 0 saturated carbocycles. The van der Waals surface area contributed by atoms with Gasteiger partial charge in [-0.25, -0.2) is 0 Å². The highest BCUT2D eigenvalue weighted by atomic mass is 32.3. The van der Waals surface area contributed by atoms with E-state index in [1.165, 1.54) is 18.2 Å². The summed E-state index contributed by atoms with van der Waals surface area (Å²) in [4.78, 5) is 7.45. The van der Waals surface area contributed by atoms with E-state index in [1.807, 2.05) is 12.1 Å². The molecule has 0 amide bonds. The second-order valence-electron chi connectivity index (χ2n) is 7.19. The molecular formula is C20H25FN6O7S2. The molecule has 0 radical (unpaired) electrons. The summed E-state index contributed by atoms with van der Waals surface area (Å²) in [5.41, 5.74) is 19.3. The SMILES string of the molecule is Nc1nc(N)c(CCCOc2ccc(NCc3cccc(S(=O)(=O)F)c3)cc2)c(N)n1.O=S(=O)(O)O. The predicted octanol–water partition coefficient (Wildman–Crippen LogP) is 1.85. The predicted molar refractivity (Wildman–Crippen MR) is 132 cm³/mol. The zero-order valence-corrected chi connectivity index (χ0v) is 20.3. The maximum atomic E-state index is 13.1. The zero-order valence-electron chi connectivity index (χ0n) is 18.7. The second-order valence-corrected chi connectivity index (χ2v) is 9.44. The van der Waals surface area contributed by atoms with Gasteiger partial charge in [-0.05, 0) is 54.8 Å². The van der Waals surface area contributed by atoms with Gasteiger partial charge in [-0.3, -0.25) is 9.11 Å². The van der Waals surface area contributed by atoms with Crippen molar-refractivity contribution in [3.63, 3.8) is 0 Å². The summed E-state index contributed by atoms with van der Waals surface area (Å²) < 4.78 is 72.4. The molecule has 0 aliphatic carbocycles. The summed E-state index contributed by atoms with van der Waals surface area (Å²) in [6.07, 6.45) is 1.22. The second kappa shape index (κ2) is 12.3. The van der Waals surface area contributed by atoms with Crippen molar-refractivity contribution in [3.8, 4) is 5.75 Å². The third kappa shape index (κ3) is 10.3. The standard InChI is InChI=1S/C20H23FN6O3S.H2O4S/c21-31(28,29)16-4-1-3-13(11-16)12-25-14-6-8-15(9-7-14)30-10-2-5-17-18(22)26-20(24)27-19(17)23;1-5(2,3)4/h1,3-4,6-9,11,25H,2,5,10,12H2,(H6,22,23,24,26,27);(H2,1,2,3,4). The third-order valence-electron chi connectivity index (χ3n) is 4.46. The minimum atomic E-state index is -4.72. The lowest BCUT2D eigenvalue weighted by molar-refractivity contribution is 0.311. The summed E-state index contributed by atoms with van der Waals surface area (Å²) in [6, 6.07) is 13.0. The van der Waals surface area contributed by atoms with Crippen molar-refractivity contribution in [2.75, 3.05) is 29.1 Å². The number of benzene rings is 2. The Morgan fingerprint density at radius 3 is 2.08 bits per heavy atom. The van der Waals surface area contributed by atoms with Crippen LogP contribution in [0.5, 0.6) is 5.75 Å². The van der Waals surface area contributed by atoms with Gasteiger partial charge in [0.25, 0.3) is 0 Å². The van der Waals surface area contributed by atoms with Gasteiger partial charge < -0.3 is 27.3 Å². The van der Waals surface area contributed by atoms with Gasteiger partial charge in [0.05, 0.1) is 11.5 Å². The van der Waals surface area contributed by atoms with Crippen LogP contribution in [0.25, 0.3) is 0 Å². The Labute approximate surface area is 207 Å². The average molecular weight is 545 g/mol. The van der Waals surface area contributed by atoms with Gasteiger partial charge in [-0.15, -0.1) is 3.89 Å². The molecule has 0 fully saturated rings. The summed E-state index contributed by atoms with van der Waals surface area (Å²) >= 11 is 0. The number of aromatic nitrogens is 2. The Morgan fingerprint density at radius 1 is 0.944 bits per heavy atom. The van der Waals surface area contributed by atoms with Gasteiger partial charge in [-0.1, -0.05) is 12.1 Å². The van der Waals surface area contributed by atoms with Crippen molar-refractivity contribution in [2.45, 2.75) is 24.3 Å². The number of nitrogens with two attached hydrogens (primary N) is 3. The van der Waals surface area contributed by atoms with E-state index in [9.17, 15) is 12.3 Å². The number of ether oxygens (including phenoxy) is 1. The highest BCUT2D eigenvalue weighted by Gasteiger charge is 2.12. The van der Waals surface area contributed by atoms with Crippen LogP contribution in [-0.2, 0) is 33.6 Å². The van der Waals surface area contributed by atoms with Crippen LogP contribution in [0.3, 0.4) is 0 Å². The molecule has 36 heavy (non-hydrogen) atoms. The maximum absolute atomic E-state index is 13.1. The highest BCUT2D eigenvalue weighted by Crippen LogP contribution is 2.20. The van der Waals surface area contributed by atoms with Crippen molar-refractivity contribution in [2.24, 2.45) is 0 Å². The number of hydrogen-bond acceptors (Lipinski definition) is 11. The first kappa shape index (κ1) is 28.5. The number of rotatable bonds is 9. The molecule has 3 aromatic rings. The van der Waals surface area contributed by atoms with Crippen LogP contribution in [-0.4, -0.2) is 42.5 Å². The summed E-state index contributed by atoms with van der Waals surface area (Å²) in [7, 11) is -9.39. The maximum Gasteiger partial charge on any atom is 0.394 e. The molecule has 2 aromatic carbocycles. The Bertz CT molecular complexity index is 1360. The van der Waals surface area contributed by atoms with E-state index in [2.05, 4.69) is 15.3 Å². The largest absolute Gasteiger partial charge is 0.494 e. The van der Waals surface area contributed by atoms with Crippen molar-refractivity contribution >= 4 is 43.9 Å². The van der Waals surface area contributed by atoms with E-state index in [0.29, 0.717) is 42.9 Å². The van der Waals surface area contributed by atoms with Gasteiger partial charge >= 0.3 is 20.6 Å². The normalized spacial score (nSPS) is 11.3. The van der Waals surface area contributed by atoms with Crippen LogP contribution in [0.1, 0.15) is 17.5 Å². The van der Waals surface area contributed by atoms with Gasteiger partial charge in [0.15, 0.2) is 0 Å². The fourth-order valence-electron chi connectivity index (χ4n) is 2.91. The minimum absolute atomic E-state index is 0.0452. The van der Waals surface area contributed by atoms with Crippen LogP contribution < -0.4 is 27.3 Å². The Morgan fingerprint density at radius 2 is 1.53 bits per heavy atom. The molecule has 0 saturated heterocycles. The average Bonchev–Trinajstić information content (AvgIpc) is 2.76. The molecule has 196 valence electrons. The lowest BCUT2D eigenvalue weighted by Crippen LogP contribution is -2.10. The first-order chi connectivity index (χ1) is 16.7. The molecule has 0 bridgehead atoms. The summed E-state index contributed by atoms with van der Waals surface area (Å²) in [5, 5.41) is 3.15. The fourth-order valence-corrected chi connectivity index (χ4v) is 3.45. The van der Waals surface area contributed by atoms with E-state index in [4.69, 9.17) is 39.5 Å². The van der Waals surface area contributed by atoms with Gasteiger partial charge in [-0.2, -0.15) is 26.8 Å². The number of anilines is 4. The quantitative estimate of drug-likeness (QED) is 0.128. The van der Waals surface area contributed by atoms with E-state index >= 15 is 0 Å². The molecule has 0 atom stereocenters. The van der Waals surface area contributed by atoms with Crippen molar-refractivity contribution < 1.29 is 34.6 Å². The molecule has 9 N–H and O–H groups in total. The van der Waals surface area contributed by atoms with Crippen molar-refractivity contribution in [1.82, 2.24) is 9.97 Å². The molecule has 0 aliphatic heterocycles. The van der Waals surface area contributed by atoms with Crippen LogP contribution in [0.4, 0.5) is 27.2 Å². The van der Waals surface area contributed by atoms with Crippen molar-refractivity contribution in [3.05, 3.63) is 59.7 Å². The lowest BCUT2D eigenvalue weighted by atomic mass is 10.1. The molecular weight excluding hydrogens is 519 g/mol. The monoisotopic (exact) mass is 544 g/mol. The topological polar surface area (TPSA) is 234 Å². The van der Waals surface area contributed by atoms with Gasteiger partial charge in [0, 0.05) is 17.8 Å². The fraction of sp³-hybridized carbons (Fsp3) is 0.200. The van der Waals surface area contributed by atoms with Crippen LogP contribution >= 0.6 is 0 Å². The Kier molecular flexibility index (Phi) is 9.74. The molecule has 3 rings (SSSR count). The van der Waals surface area contributed by atoms with E-state index in [0.717, 1.165) is 5.69 Å². The number of nitrogens with one attached hydrogen (secondary N) is 1. The number of hydrogen-bond donors (Lipinski definition) is 6. The summed E-state index contributed by atoms with van der Waals surface area (Å²) in [5.74, 6) is 1.28. The highest BCUT2D eigenvalue weighted by molar-refractivity contribution is 7.86. The molecule has 16 heteroatoms. The Hall–Kier alpha value is -3.73. The molecule has 1 aromatic heterocycles. The van der Waals surface area contributed by atoms with Crippen LogP contribution in [0.2, 0.25) is 0 Å². The first-order valence-corrected chi connectivity index (χ1v) is 12.9. The molecule has 1 heterocycles. The lowest BCUT2D eigenvalue weighted by Gasteiger charge is -2.11. The smallest absolute Gasteiger partial charge is 0.394 e. The van der Waals surface area contributed by atoms with E-state index in [1.54, 1.807) is 18.2 Å². The number of halogens is 1. The Balaban J connectivity index is 0.000000830. The van der Waals surface area contributed by atoms with Crippen molar-refractivity contribution in [1.29, 1.82) is 0 Å². The molecule has 0 aliphatic rings. The third-order valence-corrected chi connectivity index (χ3v) is 5.28. The first-order valence-electron chi connectivity index (χ1n) is 10.1. The van der Waals surface area contributed by atoms with E-state index in [-0.39, 0.29) is 22.5 Å². The minimum Gasteiger partial charge on any atom is -0.494 e. The van der Waals surface area contributed by atoms with Gasteiger partial charge in [0.2, 0.25) is 5.95 Å². The zero-order chi connectivity index (χ0) is 26.9. The summed E-state index contributed by atoms with van der Waals surface area (Å²) in [6.45, 7) is 0.788.